The van der Waals surface area contributed by atoms with Crippen molar-refractivity contribution in [1.29, 1.82) is 0 Å². The molecule has 1 aromatic carbocycles. The van der Waals surface area contributed by atoms with Crippen molar-refractivity contribution in [2.45, 2.75) is 57.4 Å². The molecule has 86 valence electrons. The van der Waals surface area contributed by atoms with Gasteiger partial charge in [0.1, 0.15) is 0 Å². The lowest BCUT2D eigenvalue weighted by molar-refractivity contribution is 0.562. The highest BCUT2D eigenvalue weighted by Gasteiger charge is 2.32. The van der Waals surface area contributed by atoms with E-state index in [4.69, 9.17) is 0 Å². The lowest BCUT2D eigenvalue weighted by Gasteiger charge is -2.16. The van der Waals surface area contributed by atoms with Crippen LogP contribution in [0.3, 0.4) is 0 Å². The van der Waals surface area contributed by atoms with Crippen LogP contribution in [0.15, 0.2) is 18.2 Å². The fraction of sp³-hybridized carbons (Fsp3) is 0.600. The second-order valence-corrected chi connectivity index (χ2v) is 5.27. The quantitative estimate of drug-likeness (QED) is 0.744. The summed E-state index contributed by atoms with van der Waals surface area (Å²) in [7, 11) is 0. The Labute approximate surface area is 98.3 Å². The zero-order valence-electron chi connectivity index (χ0n) is 10.1. The normalized spacial score (nSPS) is 27.8. The van der Waals surface area contributed by atoms with Crippen molar-refractivity contribution in [2.24, 2.45) is 0 Å². The zero-order valence-corrected chi connectivity index (χ0v) is 10.1. The van der Waals surface area contributed by atoms with Gasteiger partial charge in [-0.15, -0.1) is 0 Å². The molecule has 1 nitrogen and oxygen atoms in total. The summed E-state index contributed by atoms with van der Waals surface area (Å²) in [4.78, 5) is 0. The Kier molecular flexibility index (Phi) is 2.62. The van der Waals surface area contributed by atoms with Crippen LogP contribution < -0.4 is 5.32 Å². The number of anilines is 1. The van der Waals surface area contributed by atoms with Crippen molar-refractivity contribution >= 4 is 5.69 Å². The van der Waals surface area contributed by atoms with Gasteiger partial charge in [0, 0.05) is 17.6 Å². The summed E-state index contributed by atoms with van der Waals surface area (Å²) in [6.45, 7) is 2.24. The van der Waals surface area contributed by atoms with Crippen molar-refractivity contribution < 1.29 is 0 Å². The summed E-state index contributed by atoms with van der Waals surface area (Å²) >= 11 is 0. The Morgan fingerprint density at radius 1 is 1.19 bits per heavy atom. The number of rotatable bonds is 1. The number of hydrogen-bond donors (Lipinski definition) is 1. The summed E-state index contributed by atoms with van der Waals surface area (Å²) in [5.74, 6) is 0.795. The first-order chi connectivity index (χ1) is 7.88. The molecule has 1 saturated carbocycles. The van der Waals surface area contributed by atoms with Crippen LogP contribution in [-0.2, 0) is 6.42 Å². The molecular formula is C15H21N. The highest BCUT2D eigenvalue weighted by Crippen LogP contribution is 2.43. The third kappa shape index (κ3) is 1.63. The average Bonchev–Trinajstić information content (AvgIpc) is 2.50. The monoisotopic (exact) mass is 215 g/mol. The molecule has 1 fully saturated rings. The first-order valence-corrected chi connectivity index (χ1v) is 6.78. The van der Waals surface area contributed by atoms with Crippen LogP contribution in [0.2, 0.25) is 0 Å². The topological polar surface area (TPSA) is 12.0 Å². The summed E-state index contributed by atoms with van der Waals surface area (Å²) in [5, 5.41) is 3.73. The van der Waals surface area contributed by atoms with E-state index in [1.54, 1.807) is 5.56 Å². The van der Waals surface area contributed by atoms with E-state index in [0.29, 0.717) is 0 Å². The van der Waals surface area contributed by atoms with Crippen molar-refractivity contribution in [2.75, 3.05) is 5.32 Å². The molecule has 0 spiro atoms. The molecule has 1 aliphatic heterocycles. The van der Waals surface area contributed by atoms with Crippen molar-refractivity contribution in [3.05, 3.63) is 29.3 Å². The molecule has 1 heteroatoms. The minimum atomic E-state index is 0.726. The van der Waals surface area contributed by atoms with Crippen molar-refractivity contribution in [3.8, 4) is 0 Å². The van der Waals surface area contributed by atoms with Gasteiger partial charge >= 0.3 is 0 Å². The molecule has 2 aliphatic rings. The molecule has 16 heavy (non-hydrogen) atoms. The predicted octanol–water partition coefficient (Wildman–Crippen LogP) is 4.09. The summed E-state index contributed by atoms with van der Waals surface area (Å²) in [6.07, 6.45) is 8.15. The van der Waals surface area contributed by atoms with Gasteiger partial charge in [0.2, 0.25) is 0 Å². The van der Waals surface area contributed by atoms with Crippen LogP contribution >= 0.6 is 0 Å². The molecule has 0 amide bonds. The maximum absolute atomic E-state index is 3.73. The number of hydrogen-bond acceptors (Lipinski definition) is 1. The summed E-state index contributed by atoms with van der Waals surface area (Å²) < 4.78 is 0. The van der Waals surface area contributed by atoms with E-state index < -0.39 is 0 Å². The molecule has 1 aliphatic carbocycles. The van der Waals surface area contributed by atoms with E-state index in [0.717, 1.165) is 18.4 Å². The van der Waals surface area contributed by atoms with E-state index >= 15 is 0 Å². The minimum absolute atomic E-state index is 0.726. The highest BCUT2D eigenvalue weighted by atomic mass is 15.0. The molecule has 2 atom stereocenters. The number of aryl methyl sites for hydroxylation is 1. The molecular weight excluding hydrogens is 194 g/mol. The molecule has 0 bridgehead atoms. The lowest BCUT2D eigenvalue weighted by atomic mass is 9.90. The van der Waals surface area contributed by atoms with Gasteiger partial charge in [-0.1, -0.05) is 38.3 Å². The molecule has 2 unspecified atom stereocenters. The largest absolute Gasteiger partial charge is 0.381 e. The van der Waals surface area contributed by atoms with Gasteiger partial charge in [0.05, 0.1) is 0 Å². The minimum Gasteiger partial charge on any atom is -0.381 e. The number of fused-ring (bicyclic) bond motifs is 3. The molecule has 0 saturated heterocycles. The van der Waals surface area contributed by atoms with E-state index in [1.165, 1.54) is 43.4 Å². The average molecular weight is 215 g/mol. The van der Waals surface area contributed by atoms with Crippen LogP contribution in [0.25, 0.3) is 0 Å². The predicted molar refractivity (Wildman–Crippen MR) is 69.1 cm³/mol. The maximum atomic E-state index is 3.73. The Bertz CT molecular complexity index is 383. The first kappa shape index (κ1) is 10.2. The number of benzene rings is 1. The van der Waals surface area contributed by atoms with E-state index in [2.05, 4.69) is 30.4 Å². The van der Waals surface area contributed by atoms with Gasteiger partial charge in [-0.2, -0.15) is 0 Å². The Morgan fingerprint density at radius 3 is 2.94 bits per heavy atom. The van der Waals surface area contributed by atoms with Crippen LogP contribution in [0.5, 0.6) is 0 Å². The maximum Gasteiger partial charge on any atom is 0.0378 e. The van der Waals surface area contributed by atoms with Gasteiger partial charge in [-0.05, 0) is 36.5 Å². The smallest absolute Gasteiger partial charge is 0.0378 e. The van der Waals surface area contributed by atoms with E-state index in [-0.39, 0.29) is 0 Å². The van der Waals surface area contributed by atoms with Crippen molar-refractivity contribution in [3.63, 3.8) is 0 Å². The van der Waals surface area contributed by atoms with E-state index in [1.807, 2.05) is 0 Å². The van der Waals surface area contributed by atoms with Gasteiger partial charge in [0.25, 0.3) is 0 Å². The fourth-order valence-corrected chi connectivity index (χ4v) is 3.32. The Balaban J connectivity index is 1.95. The molecule has 1 aromatic rings. The van der Waals surface area contributed by atoms with Crippen LogP contribution in [0.4, 0.5) is 5.69 Å². The van der Waals surface area contributed by atoms with Crippen molar-refractivity contribution in [1.82, 2.24) is 0 Å². The van der Waals surface area contributed by atoms with E-state index in [9.17, 15) is 0 Å². The lowest BCUT2D eigenvalue weighted by Crippen LogP contribution is -2.18. The van der Waals surface area contributed by atoms with Crippen LogP contribution in [-0.4, -0.2) is 6.04 Å². The fourth-order valence-electron chi connectivity index (χ4n) is 3.32. The summed E-state index contributed by atoms with van der Waals surface area (Å²) in [5.41, 5.74) is 4.51. The van der Waals surface area contributed by atoms with Gasteiger partial charge in [-0.25, -0.2) is 0 Å². The van der Waals surface area contributed by atoms with Crippen LogP contribution in [0, 0.1) is 0 Å². The molecule has 0 radical (unpaired) electrons. The Hall–Kier alpha value is -0.980. The molecule has 0 aromatic heterocycles. The molecule has 3 rings (SSSR count). The van der Waals surface area contributed by atoms with Gasteiger partial charge in [-0.3, -0.25) is 0 Å². The second kappa shape index (κ2) is 4.12. The standard InChI is InChI=1S/C15H21N/c1-2-11-8-9-15-13(10-11)12-6-4-3-5-7-14(12)16-15/h8-10,12,14,16H,2-7H2,1H3. The Morgan fingerprint density at radius 2 is 2.06 bits per heavy atom. The zero-order chi connectivity index (χ0) is 11.0. The highest BCUT2D eigenvalue weighted by molar-refractivity contribution is 5.60. The SMILES string of the molecule is CCc1ccc2c(c1)C1CCCCCC1N2. The first-order valence-electron chi connectivity index (χ1n) is 6.78. The second-order valence-electron chi connectivity index (χ2n) is 5.27. The molecule has 1 heterocycles. The third-order valence-corrected chi connectivity index (χ3v) is 4.28. The van der Waals surface area contributed by atoms with Crippen LogP contribution in [0.1, 0.15) is 56.1 Å². The van der Waals surface area contributed by atoms with Gasteiger partial charge in [0.15, 0.2) is 0 Å². The molecule has 1 N–H and O–H groups in total. The third-order valence-electron chi connectivity index (χ3n) is 4.28. The number of nitrogens with one attached hydrogen (secondary N) is 1. The van der Waals surface area contributed by atoms with Gasteiger partial charge < -0.3 is 5.32 Å². The summed E-state index contributed by atoms with van der Waals surface area (Å²) in [6, 6.07) is 7.74.